The minimum Gasteiger partial charge on any atom is -0.382 e. The Morgan fingerprint density at radius 3 is 2.45 bits per heavy atom. The summed E-state index contributed by atoms with van der Waals surface area (Å²) in [5.41, 5.74) is 7.70. The minimum atomic E-state index is -0.0452. The van der Waals surface area contributed by atoms with E-state index in [-0.39, 0.29) is 17.4 Å². The van der Waals surface area contributed by atoms with E-state index in [0.29, 0.717) is 13.0 Å². The lowest BCUT2D eigenvalue weighted by molar-refractivity contribution is -0.116. The molecule has 0 aliphatic carbocycles. The van der Waals surface area contributed by atoms with Crippen molar-refractivity contribution in [1.82, 2.24) is 0 Å². The Bertz CT molecular complexity index is 427. The molecular formula is C16H26N2O2. The number of amides is 1. The number of anilines is 1. The van der Waals surface area contributed by atoms with E-state index in [1.54, 1.807) is 7.11 Å². The van der Waals surface area contributed by atoms with E-state index in [0.717, 1.165) is 12.1 Å². The molecule has 1 rings (SSSR count). The third-order valence-corrected chi connectivity index (χ3v) is 3.64. The van der Waals surface area contributed by atoms with Crippen LogP contribution in [0.3, 0.4) is 0 Å². The number of nitrogens with one attached hydrogen (secondary N) is 1. The van der Waals surface area contributed by atoms with Gasteiger partial charge >= 0.3 is 0 Å². The molecule has 112 valence electrons. The van der Waals surface area contributed by atoms with Crippen LogP contribution >= 0.6 is 0 Å². The summed E-state index contributed by atoms with van der Waals surface area (Å²) in [5, 5.41) is 2.89. The summed E-state index contributed by atoms with van der Waals surface area (Å²) in [6.07, 6.45) is 1.29. The smallest absolute Gasteiger partial charge is 0.224 e. The molecule has 1 amide bonds. The van der Waals surface area contributed by atoms with Gasteiger partial charge in [0.15, 0.2) is 0 Å². The first-order valence-electron chi connectivity index (χ1n) is 7.02. The van der Waals surface area contributed by atoms with Crippen LogP contribution in [-0.2, 0) is 14.9 Å². The minimum absolute atomic E-state index is 0.0136. The summed E-state index contributed by atoms with van der Waals surface area (Å²) in [6.45, 7) is 6.75. The van der Waals surface area contributed by atoms with E-state index in [1.165, 1.54) is 5.56 Å². The molecule has 4 nitrogen and oxygen atoms in total. The van der Waals surface area contributed by atoms with Crippen LogP contribution in [0.5, 0.6) is 0 Å². The molecule has 0 radical (unpaired) electrons. The monoisotopic (exact) mass is 278 g/mol. The average molecular weight is 278 g/mol. The number of methoxy groups -OCH3 is 1. The van der Waals surface area contributed by atoms with E-state index in [1.807, 2.05) is 31.2 Å². The second kappa shape index (κ2) is 7.41. The van der Waals surface area contributed by atoms with Crippen molar-refractivity contribution in [1.29, 1.82) is 0 Å². The van der Waals surface area contributed by atoms with Gasteiger partial charge in [-0.15, -0.1) is 0 Å². The van der Waals surface area contributed by atoms with E-state index in [2.05, 4.69) is 19.2 Å². The molecule has 0 heterocycles. The molecule has 0 aliphatic rings. The van der Waals surface area contributed by atoms with Gasteiger partial charge in [-0.1, -0.05) is 26.0 Å². The Labute approximate surface area is 121 Å². The van der Waals surface area contributed by atoms with Gasteiger partial charge in [-0.05, 0) is 31.0 Å². The lowest BCUT2D eigenvalue weighted by Crippen LogP contribution is -2.28. The summed E-state index contributed by atoms with van der Waals surface area (Å²) < 4.78 is 5.12. The van der Waals surface area contributed by atoms with Crippen LogP contribution < -0.4 is 11.1 Å². The Hall–Kier alpha value is -1.39. The fourth-order valence-electron chi connectivity index (χ4n) is 1.80. The maximum atomic E-state index is 11.8. The number of hydrogen-bond donors (Lipinski definition) is 2. The van der Waals surface area contributed by atoms with Crippen molar-refractivity contribution in [3.63, 3.8) is 0 Å². The van der Waals surface area contributed by atoms with Crippen molar-refractivity contribution < 1.29 is 9.53 Å². The van der Waals surface area contributed by atoms with Crippen LogP contribution in [0.2, 0.25) is 0 Å². The summed E-state index contributed by atoms with van der Waals surface area (Å²) in [6, 6.07) is 7.87. The largest absolute Gasteiger partial charge is 0.382 e. The predicted octanol–water partition coefficient (Wildman–Crippen LogP) is 2.68. The number of nitrogens with two attached hydrogens (primary N) is 1. The van der Waals surface area contributed by atoms with E-state index in [4.69, 9.17) is 10.5 Å². The van der Waals surface area contributed by atoms with Crippen LogP contribution in [0, 0.1) is 0 Å². The molecule has 3 N–H and O–H groups in total. The zero-order valence-corrected chi connectivity index (χ0v) is 12.9. The van der Waals surface area contributed by atoms with Gasteiger partial charge in [0.25, 0.3) is 0 Å². The number of ether oxygens (including phenoxy) is 1. The Morgan fingerprint density at radius 1 is 1.35 bits per heavy atom. The van der Waals surface area contributed by atoms with Crippen LogP contribution in [0.15, 0.2) is 24.3 Å². The second-order valence-electron chi connectivity index (χ2n) is 5.80. The highest BCUT2D eigenvalue weighted by Gasteiger charge is 2.18. The van der Waals surface area contributed by atoms with Crippen molar-refractivity contribution >= 4 is 11.6 Å². The van der Waals surface area contributed by atoms with Crippen LogP contribution in [-0.4, -0.2) is 25.7 Å². The molecule has 4 heteroatoms. The third kappa shape index (κ3) is 4.94. The summed E-state index contributed by atoms with van der Waals surface area (Å²) >= 11 is 0. The molecule has 0 saturated heterocycles. The van der Waals surface area contributed by atoms with Crippen molar-refractivity contribution in [3.05, 3.63) is 29.8 Å². The van der Waals surface area contributed by atoms with Gasteiger partial charge in [0.2, 0.25) is 5.91 Å². The SMILES string of the molecule is COC(C)CCC(=O)Nc1ccc(C(C)(C)CN)cc1. The highest BCUT2D eigenvalue weighted by Crippen LogP contribution is 2.23. The van der Waals surface area contributed by atoms with Gasteiger partial charge in [0, 0.05) is 31.2 Å². The van der Waals surface area contributed by atoms with Crippen molar-refractivity contribution in [2.24, 2.45) is 5.73 Å². The van der Waals surface area contributed by atoms with E-state index < -0.39 is 0 Å². The number of rotatable bonds is 7. The number of benzene rings is 1. The highest BCUT2D eigenvalue weighted by molar-refractivity contribution is 5.90. The van der Waals surface area contributed by atoms with Crippen LogP contribution in [0.4, 0.5) is 5.69 Å². The fraction of sp³-hybridized carbons (Fsp3) is 0.562. The van der Waals surface area contributed by atoms with E-state index >= 15 is 0 Å². The maximum Gasteiger partial charge on any atom is 0.224 e. The number of carbonyl (C=O) groups excluding carboxylic acids is 1. The number of hydrogen-bond acceptors (Lipinski definition) is 3. The number of carbonyl (C=O) groups is 1. The molecule has 20 heavy (non-hydrogen) atoms. The predicted molar refractivity (Wildman–Crippen MR) is 82.9 cm³/mol. The Kier molecular flexibility index (Phi) is 6.17. The zero-order valence-electron chi connectivity index (χ0n) is 12.9. The normalized spacial score (nSPS) is 13.1. The fourth-order valence-corrected chi connectivity index (χ4v) is 1.80. The quantitative estimate of drug-likeness (QED) is 0.806. The molecule has 1 atom stereocenters. The van der Waals surface area contributed by atoms with Crippen LogP contribution in [0.25, 0.3) is 0 Å². The lowest BCUT2D eigenvalue weighted by Gasteiger charge is -2.23. The molecule has 1 aromatic carbocycles. The molecule has 0 bridgehead atoms. The van der Waals surface area contributed by atoms with Gasteiger partial charge in [0.1, 0.15) is 0 Å². The van der Waals surface area contributed by atoms with Gasteiger partial charge < -0.3 is 15.8 Å². The lowest BCUT2D eigenvalue weighted by atomic mass is 9.85. The van der Waals surface area contributed by atoms with Crippen LogP contribution in [0.1, 0.15) is 39.2 Å². The standard InChI is InChI=1S/C16H26N2O2/c1-12(20-4)5-10-15(19)18-14-8-6-13(7-9-14)16(2,3)11-17/h6-9,12H,5,10-11,17H2,1-4H3,(H,18,19). The molecule has 1 aromatic rings. The average Bonchev–Trinajstić information content (AvgIpc) is 2.45. The zero-order chi connectivity index (χ0) is 15.2. The second-order valence-corrected chi connectivity index (χ2v) is 5.80. The molecule has 0 aromatic heterocycles. The van der Waals surface area contributed by atoms with Gasteiger partial charge in [0.05, 0.1) is 6.10 Å². The maximum absolute atomic E-state index is 11.8. The Balaban J connectivity index is 2.55. The Morgan fingerprint density at radius 2 is 1.95 bits per heavy atom. The first-order chi connectivity index (χ1) is 9.39. The first-order valence-corrected chi connectivity index (χ1v) is 7.02. The first kappa shape index (κ1) is 16.7. The summed E-state index contributed by atoms with van der Waals surface area (Å²) in [4.78, 5) is 11.8. The molecule has 0 saturated carbocycles. The molecule has 0 spiro atoms. The van der Waals surface area contributed by atoms with Crippen molar-refractivity contribution in [3.8, 4) is 0 Å². The van der Waals surface area contributed by atoms with Crippen molar-refractivity contribution in [2.75, 3.05) is 19.0 Å². The van der Waals surface area contributed by atoms with E-state index in [9.17, 15) is 4.79 Å². The summed E-state index contributed by atoms with van der Waals surface area (Å²) in [7, 11) is 1.65. The molecule has 0 fully saturated rings. The topological polar surface area (TPSA) is 64.3 Å². The summed E-state index contributed by atoms with van der Waals surface area (Å²) in [5.74, 6) is 0.0136. The van der Waals surface area contributed by atoms with Gasteiger partial charge in [-0.3, -0.25) is 4.79 Å². The molecule has 0 aliphatic heterocycles. The van der Waals surface area contributed by atoms with Gasteiger partial charge in [-0.25, -0.2) is 0 Å². The van der Waals surface area contributed by atoms with Crippen molar-refractivity contribution in [2.45, 2.75) is 45.1 Å². The highest BCUT2D eigenvalue weighted by atomic mass is 16.5. The van der Waals surface area contributed by atoms with Gasteiger partial charge in [-0.2, -0.15) is 0 Å². The molecule has 1 unspecified atom stereocenters. The molecular weight excluding hydrogens is 252 g/mol. The third-order valence-electron chi connectivity index (χ3n) is 3.64.